The van der Waals surface area contributed by atoms with Crippen molar-refractivity contribution in [1.82, 2.24) is 4.98 Å². The Morgan fingerprint density at radius 2 is 1.94 bits per heavy atom. The Hall–Kier alpha value is -3.39. The van der Waals surface area contributed by atoms with Crippen LogP contribution in [0.3, 0.4) is 0 Å². The summed E-state index contributed by atoms with van der Waals surface area (Å²) in [6.45, 7) is 1.32. The second kappa shape index (κ2) is 8.39. The SMILES string of the molecule is O=C(Nc1ncc(Cc2ccccc2)s1)C1CC(=O)N(c2ccc3c(c2)OCCO3)C1. The molecule has 0 spiro atoms. The van der Waals surface area contributed by atoms with E-state index in [2.05, 4.69) is 22.4 Å². The molecule has 2 aromatic carbocycles. The van der Waals surface area contributed by atoms with Gasteiger partial charge in [-0.25, -0.2) is 4.98 Å². The fraction of sp³-hybridized carbons (Fsp3) is 0.261. The van der Waals surface area contributed by atoms with Gasteiger partial charge >= 0.3 is 0 Å². The summed E-state index contributed by atoms with van der Waals surface area (Å²) in [5, 5.41) is 3.43. The molecule has 7 nitrogen and oxygen atoms in total. The van der Waals surface area contributed by atoms with Crippen LogP contribution in [0.2, 0.25) is 0 Å². The number of rotatable bonds is 5. The molecule has 2 aliphatic heterocycles. The maximum Gasteiger partial charge on any atom is 0.231 e. The van der Waals surface area contributed by atoms with Gasteiger partial charge in [0.05, 0.1) is 5.92 Å². The Labute approximate surface area is 183 Å². The van der Waals surface area contributed by atoms with E-state index in [9.17, 15) is 9.59 Å². The lowest BCUT2D eigenvalue weighted by atomic mass is 10.1. The Morgan fingerprint density at radius 1 is 1.13 bits per heavy atom. The zero-order valence-electron chi connectivity index (χ0n) is 16.7. The van der Waals surface area contributed by atoms with Crippen molar-refractivity contribution in [2.75, 3.05) is 30.0 Å². The first-order valence-corrected chi connectivity index (χ1v) is 11.0. The molecular formula is C23H21N3O4S. The van der Waals surface area contributed by atoms with Crippen molar-refractivity contribution in [3.63, 3.8) is 0 Å². The number of hydrogen-bond donors (Lipinski definition) is 1. The summed E-state index contributed by atoms with van der Waals surface area (Å²) < 4.78 is 11.1. The normalized spacial score (nSPS) is 17.6. The Balaban J connectivity index is 1.22. The minimum absolute atomic E-state index is 0.0827. The minimum atomic E-state index is -0.429. The van der Waals surface area contributed by atoms with Gasteiger partial charge in [-0.15, -0.1) is 11.3 Å². The van der Waals surface area contributed by atoms with E-state index in [1.54, 1.807) is 23.2 Å². The number of carbonyl (C=O) groups is 2. The van der Waals surface area contributed by atoms with E-state index in [-0.39, 0.29) is 18.2 Å². The molecule has 31 heavy (non-hydrogen) atoms. The van der Waals surface area contributed by atoms with Gasteiger partial charge in [-0.3, -0.25) is 9.59 Å². The molecule has 2 aliphatic rings. The highest BCUT2D eigenvalue weighted by atomic mass is 32.1. The zero-order chi connectivity index (χ0) is 21.2. The monoisotopic (exact) mass is 435 g/mol. The highest BCUT2D eigenvalue weighted by Gasteiger charge is 2.36. The summed E-state index contributed by atoms with van der Waals surface area (Å²) in [5.41, 5.74) is 1.91. The van der Waals surface area contributed by atoms with Crippen LogP contribution < -0.4 is 19.7 Å². The molecule has 8 heteroatoms. The van der Waals surface area contributed by atoms with Crippen LogP contribution in [-0.4, -0.2) is 36.6 Å². The van der Waals surface area contributed by atoms with E-state index in [0.717, 1.165) is 11.3 Å². The Bertz CT molecular complexity index is 1120. The molecule has 158 valence electrons. The zero-order valence-corrected chi connectivity index (χ0v) is 17.6. The lowest BCUT2D eigenvalue weighted by Gasteiger charge is -2.22. The second-order valence-electron chi connectivity index (χ2n) is 7.52. The highest BCUT2D eigenvalue weighted by molar-refractivity contribution is 7.15. The first kappa shape index (κ1) is 19.6. The average molecular weight is 436 g/mol. The van der Waals surface area contributed by atoms with Crippen molar-refractivity contribution in [3.8, 4) is 11.5 Å². The molecule has 1 saturated heterocycles. The van der Waals surface area contributed by atoms with Crippen LogP contribution in [0.25, 0.3) is 0 Å². The van der Waals surface area contributed by atoms with Crippen LogP contribution in [0.4, 0.5) is 10.8 Å². The number of fused-ring (bicyclic) bond motifs is 1. The van der Waals surface area contributed by atoms with Crippen LogP contribution >= 0.6 is 11.3 Å². The summed E-state index contributed by atoms with van der Waals surface area (Å²) in [4.78, 5) is 32.4. The summed E-state index contributed by atoms with van der Waals surface area (Å²) in [7, 11) is 0. The van der Waals surface area contributed by atoms with Crippen LogP contribution in [0.5, 0.6) is 11.5 Å². The van der Waals surface area contributed by atoms with E-state index < -0.39 is 5.92 Å². The molecule has 0 aliphatic carbocycles. The lowest BCUT2D eigenvalue weighted by Crippen LogP contribution is -2.28. The number of benzene rings is 2. The van der Waals surface area contributed by atoms with Gasteiger partial charge in [-0.2, -0.15) is 0 Å². The molecule has 1 atom stereocenters. The van der Waals surface area contributed by atoms with Crippen LogP contribution in [0.15, 0.2) is 54.7 Å². The van der Waals surface area contributed by atoms with Crippen molar-refractivity contribution >= 4 is 34.0 Å². The van der Waals surface area contributed by atoms with E-state index in [0.29, 0.717) is 42.1 Å². The number of ether oxygens (including phenoxy) is 2. The van der Waals surface area contributed by atoms with Gasteiger partial charge < -0.3 is 19.7 Å². The fourth-order valence-electron chi connectivity index (χ4n) is 3.78. The first-order valence-electron chi connectivity index (χ1n) is 10.2. The summed E-state index contributed by atoms with van der Waals surface area (Å²) in [6, 6.07) is 15.5. The van der Waals surface area contributed by atoms with E-state index in [1.165, 1.54) is 16.9 Å². The summed E-state index contributed by atoms with van der Waals surface area (Å²) >= 11 is 1.46. The van der Waals surface area contributed by atoms with Crippen molar-refractivity contribution in [2.45, 2.75) is 12.8 Å². The molecule has 0 bridgehead atoms. The number of aromatic nitrogens is 1. The van der Waals surface area contributed by atoms with E-state index in [4.69, 9.17) is 9.47 Å². The van der Waals surface area contributed by atoms with Gasteiger partial charge in [-0.05, 0) is 17.7 Å². The second-order valence-corrected chi connectivity index (χ2v) is 8.63. The third kappa shape index (κ3) is 4.25. The average Bonchev–Trinajstić information content (AvgIpc) is 3.40. The molecule has 1 N–H and O–H groups in total. The molecule has 0 saturated carbocycles. The molecule has 3 heterocycles. The van der Waals surface area contributed by atoms with Crippen molar-refractivity contribution in [1.29, 1.82) is 0 Å². The number of amides is 2. The Morgan fingerprint density at radius 3 is 2.77 bits per heavy atom. The maximum atomic E-state index is 12.8. The van der Waals surface area contributed by atoms with Gasteiger partial charge in [0.15, 0.2) is 16.6 Å². The van der Waals surface area contributed by atoms with E-state index >= 15 is 0 Å². The maximum absolute atomic E-state index is 12.8. The molecular weight excluding hydrogens is 414 g/mol. The Kier molecular flexibility index (Phi) is 5.30. The lowest BCUT2D eigenvalue weighted by molar-refractivity contribution is -0.122. The van der Waals surface area contributed by atoms with Gasteiger partial charge in [-0.1, -0.05) is 30.3 Å². The van der Waals surface area contributed by atoms with Crippen LogP contribution in [-0.2, 0) is 16.0 Å². The predicted octanol–water partition coefficient (Wildman–Crippen LogP) is 3.50. The van der Waals surface area contributed by atoms with Gasteiger partial charge in [0.25, 0.3) is 0 Å². The molecule has 0 radical (unpaired) electrons. The summed E-state index contributed by atoms with van der Waals surface area (Å²) in [5.74, 6) is 0.598. The number of nitrogens with one attached hydrogen (secondary N) is 1. The molecule has 1 fully saturated rings. The van der Waals surface area contributed by atoms with Gasteiger partial charge in [0, 0.05) is 42.2 Å². The highest BCUT2D eigenvalue weighted by Crippen LogP contribution is 2.36. The molecule has 1 aromatic heterocycles. The number of anilines is 2. The summed E-state index contributed by atoms with van der Waals surface area (Å²) in [6.07, 6.45) is 2.73. The standard InChI is InChI=1S/C23H21N3O4S/c27-21-11-16(14-26(21)17-6-7-19-20(12-17)30-9-8-29-19)22(28)25-23-24-13-18(31-23)10-15-4-2-1-3-5-15/h1-7,12-13,16H,8-11,14H2,(H,24,25,28). The largest absolute Gasteiger partial charge is 0.486 e. The fourth-order valence-corrected chi connectivity index (χ4v) is 4.63. The third-order valence-corrected chi connectivity index (χ3v) is 6.25. The van der Waals surface area contributed by atoms with E-state index in [1.807, 2.05) is 24.3 Å². The van der Waals surface area contributed by atoms with Gasteiger partial charge in [0.2, 0.25) is 11.8 Å². The van der Waals surface area contributed by atoms with Crippen LogP contribution in [0, 0.1) is 5.92 Å². The number of hydrogen-bond acceptors (Lipinski definition) is 6. The van der Waals surface area contributed by atoms with Crippen molar-refractivity contribution in [2.24, 2.45) is 5.92 Å². The predicted molar refractivity (Wildman–Crippen MR) is 118 cm³/mol. The van der Waals surface area contributed by atoms with Crippen molar-refractivity contribution < 1.29 is 19.1 Å². The van der Waals surface area contributed by atoms with Gasteiger partial charge in [0.1, 0.15) is 13.2 Å². The minimum Gasteiger partial charge on any atom is -0.486 e. The van der Waals surface area contributed by atoms with Crippen LogP contribution in [0.1, 0.15) is 16.9 Å². The molecule has 5 rings (SSSR count). The third-order valence-electron chi connectivity index (χ3n) is 5.34. The molecule has 2 amide bonds. The first-order chi connectivity index (χ1) is 15.2. The number of nitrogens with zero attached hydrogens (tertiary/aromatic N) is 2. The smallest absolute Gasteiger partial charge is 0.231 e. The quantitative estimate of drug-likeness (QED) is 0.664. The number of thiazole rings is 1. The molecule has 3 aromatic rings. The molecule has 1 unspecified atom stereocenters. The number of carbonyl (C=O) groups excluding carboxylic acids is 2. The van der Waals surface area contributed by atoms with Crippen molar-refractivity contribution in [3.05, 3.63) is 65.2 Å². The topological polar surface area (TPSA) is 80.8 Å².